The third-order valence-corrected chi connectivity index (χ3v) is 4.20. The highest BCUT2D eigenvalue weighted by Crippen LogP contribution is 2.26. The minimum Gasteiger partial charge on any atom is -0.378 e. The Morgan fingerprint density at radius 3 is 2.81 bits per heavy atom. The lowest BCUT2D eigenvalue weighted by Gasteiger charge is -2.34. The summed E-state index contributed by atoms with van der Waals surface area (Å²) in [4.78, 5) is 14.3. The summed E-state index contributed by atoms with van der Waals surface area (Å²) in [5, 5.41) is 14.0. The number of hydrogen-bond donors (Lipinski definition) is 1. The molecule has 1 aromatic heterocycles. The first kappa shape index (κ1) is 15.7. The van der Waals surface area contributed by atoms with Gasteiger partial charge in [0, 0.05) is 18.7 Å². The van der Waals surface area contributed by atoms with Crippen molar-refractivity contribution in [1.29, 1.82) is 0 Å². The number of nitrogens with one attached hydrogen (secondary N) is 1. The van der Waals surface area contributed by atoms with Gasteiger partial charge < -0.3 is 10.1 Å². The van der Waals surface area contributed by atoms with E-state index >= 15 is 0 Å². The van der Waals surface area contributed by atoms with Crippen LogP contribution in [0.3, 0.4) is 0 Å². The number of pyridine rings is 1. The SMILES string of the molecule is CCC(CC)C1CC(Nc2ccc([N+](=O)[O-])cn2)CCO1. The van der Waals surface area contributed by atoms with E-state index in [0.29, 0.717) is 23.9 Å². The van der Waals surface area contributed by atoms with Crippen molar-refractivity contribution in [2.24, 2.45) is 5.92 Å². The minimum atomic E-state index is -0.436. The van der Waals surface area contributed by atoms with Gasteiger partial charge in [0.15, 0.2) is 0 Å². The average molecular weight is 293 g/mol. The summed E-state index contributed by atoms with van der Waals surface area (Å²) in [6.07, 6.45) is 5.75. The van der Waals surface area contributed by atoms with Crippen molar-refractivity contribution in [2.45, 2.75) is 51.7 Å². The zero-order chi connectivity index (χ0) is 15.2. The van der Waals surface area contributed by atoms with Crippen LogP contribution < -0.4 is 5.32 Å². The zero-order valence-electron chi connectivity index (χ0n) is 12.6. The van der Waals surface area contributed by atoms with E-state index in [2.05, 4.69) is 24.1 Å². The highest BCUT2D eigenvalue weighted by molar-refractivity contribution is 5.40. The van der Waals surface area contributed by atoms with Crippen LogP contribution in [-0.4, -0.2) is 28.7 Å². The van der Waals surface area contributed by atoms with Crippen molar-refractivity contribution < 1.29 is 9.66 Å². The van der Waals surface area contributed by atoms with Crippen LogP contribution in [-0.2, 0) is 4.74 Å². The Morgan fingerprint density at radius 1 is 1.48 bits per heavy atom. The van der Waals surface area contributed by atoms with Crippen molar-refractivity contribution in [3.05, 3.63) is 28.4 Å². The Labute approximate surface area is 125 Å². The summed E-state index contributed by atoms with van der Waals surface area (Å²) in [6, 6.07) is 3.46. The molecule has 2 atom stereocenters. The van der Waals surface area contributed by atoms with Gasteiger partial charge in [-0.3, -0.25) is 10.1 Å². The second kappa shape index (κ2) is 7.36. The minimum absolute atomic E-state index is 0.0161. The topological polar surface area (TPSA) is 77.3 Å². The molecule has 0 saturated carbocycles. The predicted octanol–water partition coefficient (Wildman–Crippen LogP) is 3.39. The first-order valence-corrected chi connectivity index (χ1v) is 7.62. The molecule has 0 aromatic carbocycles. The van der Waals surface area contributed by atoms with E-state index in [0.717, 1.165) is 32.3 Å². The van der Waals surface area contributed by atoms with Crippen molar-refractivity contribution in [3.8, 4) is 0 Å². The largest absolute Gasteiger partial charge is 0.378 e. The molecule has 1 aromatic rings. The molecule has 0 aliphatic carbocycles. The number of nitro groups is 1. The van der Waals surface area contributed by atoms with Gasteiger partial charge in [-0.2, -0.15) is 0 Å². The van der Waals surface area contributed by atoms with E-state index in [1.807, 2.05) is 0 Å². The summed E-state index contributed by atoms with van der Waals surface area (Å²) in [7, 11) is 0. The molecule has 1 saturated heterocycles. The highest BCUT2D eigenvalue weighted by Gasteiger charge is 2.27. The van der Waals surface area contributed by atoms with Gasteiger partial charge in [-0.15, -0.1) is 0 Å². The molecule has 0 bridgehead atoms. The molecule has 2 rings (SSSR count). The molecule has 1 aliphatic heterocycles. The first-order chi connectivity index (χ1) is 10.1. The molecule has 6 heteroatoms. The zero-order valence-corrected chi connectivity index (χ0v) is 12.6. The van der Waals surface area contributed by atoms with Crippen LogP contribution >= 0.6 is 0 Å². The van der Waals surface area contributed by atoms with Gasteiger partial charge in [0.25, 0.3) is 5.69 Å². The summed E-state index contributed by atoms with van der Waals surface area (Å²) in [5.74, 6) is 1.29. The number of aromatic nitrogens is 1. The van der Waals surface area contributed by atoms with Crippen LogP contribution in [0.25, 0.3) is 0 Å². The van der Waals surface area contributed by atoms with Crippen molar-refractivity contribution in [1.82, 2.24) is 4.98 Å². The third kappa shape index (κ3) is 4.14. The smallest absolute Gasteiger partial charge is 0.287 e. The average Bonchev–Trinajstić information content (AvgIpc) is 2.49. The fourth-order valence-electron chi connectivity index (χ4n) is 2.89. The van der Waals surface area contributed by atoms with Crippen LogP contribution in [0.2, 0.25) is 0 Å². The van der Waals surface area contributed by atoms with E-state index in [1.54, 1.807) is 6.07 Å². The van der Waals surface area contributed by atoms with Crippen molar-refractivity contribution >= 4 is 11.5 Å². The second-order valence-electron chi connectivity index (χ2n) is 5.51. The summed E-state index contributed by atoms with van der Waals surface area (Å²) < 4.78 is 5.89. The Bertz CT molecular complexity index is 460. The molecule has 1 aliphatic rings. The standard InChI is InChI=1S/C15H23N3O3/c1-3-11(4-2)14-9-12(7-8-21-14)17-15-6-5-13(10-16-15)18(19)20/h5-6,10-12,14H,3-4,7-9H2,1-2H3,(H,16,17). The van der Waals surface area contributed by atoms with Crippen LogP contribution in [0.15, 0.2) is 18.3 Å². The van der Waals surface area contributed by atoms with E-state index in [-0.39, 0.29) is 5.69 Å². The molecular weight excluding hydrogens is 270 g/mol. The van der Waals surface area contributed by atoms with Crippen LogP contribution in [0.1, 0.15) is 39.5 Å². The quantitative estimate of drug-likeness (QED) is 0.642. The number of nitrogens with zero attached hydrogens (tertiary/aromatic N) is 2. The Morgan fingerprint density at radius 2 is 2.24 bits per heavy atom. The maximum Gasteiger partial charge on any atom is 0.287 e. The molecule has 0 radical (unpaired) electrons. The van der Waals surface area contributed by atoms with E-state index < -0.39 is 4.92 Å². The monoisotopic (exact) mass is 293 g/mol. The van der Waals surface area contributed by atoms with Gasteiger partial charge in [-0.1, -0.05) is 26.7 Å². The predicted molar refractivity (Wildman–Crippen MR) is 81.3 cm³/mol. The van der Waals surface area contributed by atoms with Crippen molar-refractivity contribution in [3.63, 3.8) is 0 Å². The lowest BCUT2D eigenvalue weighted by Crippen LogP contribution is -2.38. The van der Waals surface area contributed by atoms with E-state index in [1.165, 1.54) is 12.3 Å². The maximum absolute atomic E-state index is 10.6. The van der Waals surface area contributed by atoms with Gasteiger partial charge in [-0.25, -0.2) is 4.98 Å². The van der Waals surface area contributed by atoms with Crippen LogP contribution in [0, 0.1) is 16.0 Å². The Kier molecular flexibility index (Phi) is 5.50. The van der Waals surface area contributed by atoms with Gasteiger partial charge in [0.05, 0.1) is 11.0 Å². The van der Waals surface area contributed by atoms with Gasteiger partial charge in [-0.05, 0) is 24.8 Å². The van der Waals surface area contributed by atoms with Crippen molar-refractivity contribution in [2.75, 3.05) is 11.9 Å². The molecule has 1 fully saturated rings. The fraction of sp³-hybridized carbons (Fsp3) is 0.667. The van der Waals surface area contributed by atoms with Gasteiger partial charge in [0.1, 0.15) is 12.0 Å². The fourth-order valence-corrected chi connectivity index (χ4v) is 2.89. The molecule has 6 nitrogen and oxygen atoms in total. The second-order valence-corrected chi connectivity index (χ2v) is 5.51. The molecule has 21 heavy (non-hydrogen) atoms. The Balaban J connectivity index is 1.94. The number of hydrogen-bond acceptors (Lipinski definition) is 5. The van der Waals surface area contributed by atoms with Gasteiger partial charge in [0.2, 0.25) is 0 Å². The molecule has 1 N–H and O–H groups in total. The number of anilines is 1. The first-order valence-electron chi connectivity index (χ1n) is 7.62. The van der Waals surface area contributed by atoms with Gasteiger partial charge >= 0.3 is 0 Å². The summed E-state index contributed by atoms with van der Waals surface area (Å²) >= 11 is 0. The normalized spacial score (nSPS) is 22.2. The summed E-state index contributed by atoms with van der Waals surface area (Å²) in [5.41, 5.74) is 0.0161. The van der Waals surface area contributed by atoms with Crippen LogP contribution in [0.5, 0.6) is 0 Å². The molecule has 2 unspecified atom stereocenters. The van der Waals surface area contributed by atoms with E-state index in [9.17, 15) is 10.1 Å². The Hall–Kier alpha value is -1.69. The number of rotatable bonds is 6. The number of ether oxygens (including phenoxy) is 1. The lowest BCUT2D eigenvalue weighted by molar-refractivity contribution is -0.385. The molecule has 2 heterocycles. The van der Waals surface area contributed by atoms with Crippen LogP contribution in [0.4, 0.5) is 11.5 Å². The molecule has 116 valence electrons. The lowest BCUT2D eigenvalue weighted by atomic mass is 9.89. The summed E-state index contributed by atoms with van der Waals surface area (Å²) in [6.45, 7) is 5.16. The molecule has 0 amide bonds. The molecule has 0 spiro atoms. The van der Waals surface area contributed by atoms with E-state index in [4.69, 9.17) is 4.74 Å². The highest BCUT2D eigenvalue weighted by atomic mass is 16.6. The third-order valence-electron chi connectivity index (χ3n) is 4.20. The maximum atomic E-state index is 10.6. The molecular formula is C15H23N3O3.